The van der Waals surface area contributed by atoms with Crippen molar-refractivity contribution in [3.63, 3.8) is 0 Å². The van der Waals surface area contributed by atoms with Crippen LogP contribution in [-0.4, -0.2) is 48.6 Å². The van der Waals surface area contributed by atoms with E-state index in [4.69, 9.17) is 4.74 Å². The van der Waals surface area contributed by atoms with Gasteiger partial charge in [-0.15, -0.1) is 35.3 Å². The SMILES string of the molecule is CN=C(NCc1cn2ccsc2n1)NC1CCN(c2cccc(OC)c2)C1.I. The van der Waals surface area contributed by atoms with Crippen molar-refractivity contribution in [3.05, 3.63) is 47.7 Å². The normalized spacial score (nSPS) is 16.9. The monoisotopic (exact) mass is 512 g/mol. The number of thiazole rings is 1. The van der Waals surface area contributed by atoms with Crippen molar-refractivity contribution in [1.29, 1.82) is 0 Å². The minimum absolute atomic E-state index is 0. The predicted molar refractivity (Wildman–Crippen MR) is 125 cm³/mol. The molecule has 1 fully saturated rings. The third-order valence-electron chi connectivity index (χ3n) is 4.75. The number of fused-ring (bicyclic) bond motifs is 1. The van der Waals surface area contributed by atoms with Gasteiger partial charge in [0.25, 0.3) is 0 Å². The van der Waals surface area contributed by atoms with Crippen molar-refractivity contribution in [2.45, 2.75) is 19.0 Å². The van der Waals surface area contributed by atoms with E-state index in [0.717, 1.165) is 41.9 Å². The molecule has 0 bridgehead atoms. The zero-order valence-electron chi connectivity index (χ0n) is 16.0. The van der Waals surface area contributed by atoms with E-state index >= 15 is 0 Å². The number of hydrogen-bond acceptors (Lipinski definition) is 5. The van der Waals surface area contributed by atoms with Gasteiger partial charge in [-0.25, -0.2) is 4.98 Å². The Balaban J connectivity index is 0.00000225. The number of aromatic nitrogens is 2. The molecule has 150 valence electrons. The zero-order chi connectivity index (χ0) is 18.6. The number of anilines is 1. The second-order valence-electron chi connectivity index (χ2n) is 6.53. The number of imidazole rings is 1. The minimum Gasteiger partial charge on any atom is -0.497 e. The maximum Gasteiger partial charge on any atom is 0.193 e. The molecule has 1 aromatic carbocycles. The molecule has 1 aliphatic heterocycles. The number of aliphatic imine (C=N–C) groups is 1. The van der Waals surface area contributed by atoms with E-state index in [-0.39, 0.29) is 24.0 Å². The number of benzene rings is 1. The largest absolute Gasteiger partial charge is 0.497 e. The van der Waals surface area contributed by atoms with Crippen LogP contribution in [0.15, 0.2) is 47.0 Å². The average molecular weight is 512 g/mol. The zero-order valence-corrected chi connectivity index (χ0v) is 19.1. The average Bonchev–Trinajstić information content (AvgIpc) is 3.41. The lowest BCUT2D eigenvalue weighted by atomic mass is 10.2. The highest BCUT2D eigenvalue weighted by Crippen LogP contribution is 2.24. The Morgan fingerprint density at radius 2 is 2.32 bits per heavy atom. The Hall–Kier alpha value is -2.01. The van der Waals surface area contributed by atoms with Crippen LogP contribution in [0.3, 0.4) is 0 Å². The Morgan fingerprint density at radius 1 is 1.43 bits per heavy atom. The van der Waals surface area contributed by atoms with Gasteiger partial charge in [-0.05, 0) is 18.6 Å². The van der Waals surface area contributed by atoms with Crippen LogP contribution < -0.4 is 20.3 Å². The van der Waals surface area contributed by atoms with Crippen LogP contribution >= 0.6 is 35.3 Å². The lowest BCUT2D eigenvalue weighted by Crippen LogP contribution is -2.44. The molecule has 0 saturated carbocycles. The highest BCUT2D eigenvalue weighted by molar-refractivity contribution is 14.0. The summed E-state index contributed by atoms with van der Waals surface area (Å²) in [5, 5.41) is 8.93. The first-order valence-electron chi connectivity index (χ1n) is 9.02. The van der Waals surface area contributed by atoms with Gasteiger partial charge in [-0.1, -0.05) is 6.07 Å². The summed E-state index contributed by atoms with van der Waals surface area (Å²) >= 11 is 1.64. The summed E-state index contributed by atoms with van der Waals surface area (Å²) in [5.41, 5.74) is 2.20. The van der Waals surface area contributed by atoms with E-state index in [2.05, 4.69) is 37.6 Å². The molecule has 3 aromatic rings. The van der Waals surface area contributed by atoms with Gasteiger partial charge in [-0.2, -0.15) is 0 Å². The molecule has 1 saturated heterocycles. The van der Waals surface area contributed by atoms with Crippen LogP contribution in [0.1, 0.15) is 12.1 Å². The Labute approximate surface area is 185 Å². The third-order valence-corrected chi connectivity index (χ3v) is 5.52. The fraction of sp³-hybridized carbons (Fsp3) is 0.368. The molecule has 2 N–H and O–H groups in total. The molecular weight excluding hydrogens is 487 g/mol. The molecule has 1 atom stereocenters. The summed E-state index contributed by atoms with van der Waals surface area (Å²) in [6.45, 7) is 2.60. The third kappa shape index (κ3) is 4.69. The van der Waals surface area contributed by atoms with Crippen molar-refractivity contribution in [2.24, 2.45) is 4.99 Å². The summed E-state index contributed by atoms with van der Waals surface area (Å²) in [4.78, 5) is 12.3. The Bertz CT molecular complexity index is 911. The summed E-state index contributed by atoms with van der Waals surface area (Å²) in [5.74, 6) is 1.70. The molecule has 1 aliphatic rings. The Morgan fingerprint density at radius 3 is 3.11 bits per heavy atom. The van der Waals surface area contributed by atoms with Gasteiger partial charge >= 0.3 is 0 Å². The van der Waals surface area contributed by atoms with E-state index in [9.17, 15) is 0 Å². The van der Waals surface area contributed by atoms with Crippen molar-refractivity contribution in [2.75, 3.05) is 32.1 Å². The molecule has 7 nitrogen and oxygen atoms in total. The number of methoxy groups -OCH3 is 1. The van der Waals surface area contributed by atoms with E-state index in [0.29, 0.717) is 12.6 Å². The van der Waals surface area contributed by atoms with E-state index in [1.54, 1.807) is 25.5 Å². The molecule has 0 radical (unpaired) electrons. The molecule has 0 aliphatic carbocycles. The maximum absolute atomic E-state index is 5.33. The number of nitrogens with zero attached hydrogens (tertiary/aromatic N) is 4. The van der Waals surface area contributed by atoms with E-state index in [1.807, 2.05) is 34.3 Å². The van der Waals surface area contributed by atoms with Crippen molar-refractivity contribution in [1.82, 2.24) is 20.0 Å². The second-order valence-corrected chi connectivity index (χ2v) is 7.40. The summed E-state index contributed by atoms with van der Waals surface area (Å²) in [6, 6.07) is 8.57. The molecule has 2 aromatic heterocycles. The van der Waals surface area contributed by atoms with Gasteiger partial charge in [0.05, 0.1) is 19.3 Å². The molecular formula is C19H25IN6OS. The van der Waals surface area contributed by atoms with Crippen LogP contribution in [0.5, 0.6) is 5.75 Å². The van der Waals surface area contributed by atoms with Gasteiger partial charge in [0.15, 0.2) is 10.9 Å². The molecule has 0 spiro atoms. The molecule has 4 rings (SSSR count). The van der Waals surface area contributed by atoms with E-state index in [1.165, 1.54) is 5.69 Å². The molecule has 9 heteroatoms. The smallest absolute Gasteiger partial charge is 0.193 e. The topological polar surface area (TPSA) is 66.2 Å². The lowest BCUT2D eigenvalue weighted by molar-refractivity contribution is 0.415. The number of halogens is 1. The molecule has 1 unspecified atom stereocenters. The van der Waals surface area contributed by atoms with Gasteiger partial charge in [0.2, 0.25) is 0 Å². The number of ether oxygens (including phenoxy) is 1. The first-order valence-corrected chi connectivity index (χ1v) is 9.90. The van der Waals surface area contributed by atoms with Gasteiger partial charge in [-0.3, -0.25) is 9.39 Å². The second kappa shape index (κ2) is 9.46. The maximum atomic E-state index is 5.33. The van der Waals surface area contributed by atoms with Gasteiger partial charge in [0.1, 0.15) is 5.75 Å². The van der Waals surface area contributed by atoms with Crippen LogP contribution in [0.2, 0.25) is 0 Å². The van der Waals surface area contributed by atoms with Gasteiger partial charge < -0.3 is 20.3 Å². The minimum atomic E-state index is 0. The van der Waals surface area contributed by atoms with Crippen molar-refractivity contribution in [3.8, 4) is 5.75 Å². The number of nitrogens with one attached hydrogen (secondary N) is 2. The Kier molecular flexibility index (Phi) is 7.00. The predicted octanol–water partition coefficient (Wildman–Crippen LogP) is 2.97. The van der Waals surface area contributed by atoms with Crippen LogP contribution in [-0.2, 0) is 6.54 Å². The molecule has 28 heavy (non-hydrogen) atoms. The number of guanidine groups is 1. The lowest BCUT2D eigenvalue weighted by Gasteiger charge is -2.20. The summed E-state index contributed by atoms with van der Waals surface area (Å²) in [7, 11) is 3.50. The summed E-state index contributed by atoms with van der Waals surface area (Å²) < 4.78 is 7.38. The molecule has 3 heterocycles. The van der Waals surface area contributed by atoms with Crippen molar-refractivity contribution < 1.29 is 4.74 Å². The highest BCUT2D eigenvalue weighted by Gasteiger charge is 2.23. The highest BCUT2D eigenvalue weighted by atomic mass is 127. The standard InChI is InChI=1S/C19H24N6OS.HI/c1-20-18(21-11-15-13-25-8-9-27-19(25)23-15)22-14-6-7-24(12-14)16-4-3-5-17(10-16)26-2;/h3-5,8-10,13-14H,6-7,11-12H2,1-2H3,(H2,20,21,22);1H. The van der Waals surface area contributed by atoms with E-state index < -0.39 is 0 Å². The van der Waals surface area contributed by atoms with Crippen LogP contribution in [0.25, 0.3) is 4.96 Å². The first-order chi connectivity index (χ1) is 13.2. The quantitative estimate of drug-likeness (QED) is 0.313. The first kappa shape index (κ1) is 20.7. The number of rotatable bonds is 5. The fourth-order valence-electron chi connectivity index (χ4n) is 3.34. The number of hydrogen-bond donors (Lipinski definition) is 2. The molecule has 0 amide bonds. The van der Waals surface area contributed by atoms with Crippen LogP contribution in [0.4, 0.5) is 5.69 Å². The van der Waals surface area contributed by atoms with Crippen molar-refractivity contribution >= 4 is 51.9 Å². The van der Waals surface area contributed by atoms with Gasteiger partial charge in [0, 0.05) is 55.7 Å². The summed E-state index contributed by atoms with van der Waals surface area (Å²) in [6.07, 6.45) is 5.14. The van der Waals surface area contributed by atoms with Crippen LogP contribution in [0, 0.1) is 0 Å². The fourth-order valence-corrected chi connectivity index (χ4v) is 4.06.